The molecule has 1 aliphatic rings. The Morgan fingerprint density at radius 2 is 1.63 bits per heavy atom. The minimum Gasteiger partial charge on any atom is -0.497 e. The Morgan fingerprint density at radius 3 is 2.23 bits per heavy atom. The molecule has 1 fully saturated rings. The van der Waals surface area contributed by atoms with Gasteiger partial charge in [0.2, 0.25) is 0 Å². The number of carbonyl (C=O) groups is 2. The number of rotatable bonds is 8. The first kappa shape index (κ1) is 21.4. The van der Waals surface area contributed by atoms with Gasteiger partial charge in [0.25, 0.3) is 11.8 Å². The number of piperazine rings is 1. The molecule has 8 heteroatoms. The summed E-state index contributed by atoms with van der Waals surface area (Å²) in [5, 5.41) is 0. The zero-order valence-corrected chi connectivity index (χ0v) is 17.3. The monoisotopic (exact) mass is 413 g/mol. The highest BCUT2D eigenvalue weighted by Gasteiger charge is 2.23. The number of primary amides is 1. The fourth-order valence-corrected chi connectivity index (χ4v) is 3.35. The number of carbonyl (C=O) groups excluding carboxylic acids is 2. The van der Waals surface area contributed by atoms with Gasteiger partial charge >= 0.3 is 0 Å². The first-order valence-corrected chi connectivity index (χ1v) is 9.74. The summed E-state index contributed by atoms with van der Waals surface area (Å²) in [5.74, 6) is 0.969. The van der Waals surface area contributed by atoms with E-state index < -0.39 is 5.91 Å². The third-order valence-corrected chi connectivity index (χ3v) is 5.01. The van der Waals surface area contributed by atoms with Crippen molar-refractivity contribution < 1.29 is 23.8 Å². The van der Waals surface area contributed by atoms with E-state index in [0.717, 1.165) is 25.4 Å². The second-order valence-electron chi connectivity index (χ2n) is 7.04. The molecule has 0 aliphatic carbocycles. The molecule has 2 aromatic rings. The molecule has 0 radical (unpaired) electrons. The second-order valence-corrected chi connectivity index (χ2v) is 7.04. The van der Waals surface area contributed by atoms with Gasteiger partial charge < -0.3 is 24.8 Å². The van der Waals surface area contributed by atoms with Crippen LogP contribution in [0.2, 0.25) is 0 Å². The maximum Gasteiger partial charge on any atom is 0.255 e. The number of nitrogens with two attached hydrogens (primary N) is 1. The van der Waals surface area contributed by atoms with Gasteiger partial charge in [-0.15, -0.1) is 0 Å². The number of benzene rings is 2. The maximum atomic E-state index is 12.9. The van der Waals surface area contributed by atoms with Gasteiger partial charge in [0, 0.05) is 38.3 Å². The largest absolute Gasteiger partial charge is 0.497 e. The van der Waals surface area contributed by atoms with Crippen molar-refractivity contribution in [3.05, 3.63) is 53.6 Å². The average Bonchev–Trinajstić information content (AvgIpc) is 2.78. The summed E-state index contributed by atoms with van der Waals surface area (Å²) in [6.45, 7) is 3.49. The molecule has 160 valence electrons. The van der Waals surface area contributed by atoms with E-state index in [2.05, 4.69) is 17.0 Å². The highest BCUT2D eigenvalue weighted by atomic mass is 16.5. The van der Waals surface area contributed by atoms with Crippen molar-refractivity contribution in [2.45, 2.75) is 6.54 Å². The Kier molecular flexibility index (Phi) is 7.13. The van der Waals surface area contributed by atoms with Gasteiger partial charge in [-0.05, 0) is 35.9 Å². The summed E-state index contributed by atoms with van der Waals surface area (Å²) in [4.78, 5) is 28.0. The van der Waals surface area contributed by atoms with Crippen molar-refractivity contribution in [3.8, 4) is 17.2 Å². The molecule has 0 atom stereocenters. The third-order valence-electron chi connectivity index (χ3n) is 5.01. The molecule has 2 amide bonds. The number of nitrogens with zero attached hydrogens (tertiary/aromatic N) is 2. The van der Waals surface area contributed by atoms with Crippen LogP contribution in [-0.2, 0) is 11.3 Å². The predicted molar refractivity (Wildman–Crippen MR) is 112 cm³/mol. The number of hydrogen-bond donors (Lipinski definition) is 1. The Hall–Kier alpha value is -3.26. The van der Waals surface area contributed by atoms with Gasteiger partial charge in [-0.1, -0.05) is 12.1 Å². The zero-order chi connectivity index (χ0) is 21.5. The van der Waals surface area contributed by atoms with Crippen LogP contribution in [0.1, 0.15) is 15.9 Å². The van der Waals surface area contributed by atoms with Crippen molar-refractivity contribution >= 4 is 11.8 Å². The summed E-state index contributed by atoms with van der Waals surface area (Å²) in [7, 11) is 3.14. The second kappa shape index (κ2) is 9.98. The van der Waals surface area contributed by atoms with Crippen LogP contribution in [0.5, 0.6) is 17.2 Å². The lowest BCUT2D eigenvalue weighted by Gasteiger charge is -2.35. The van der Waals surface area contributed by atoms with Gasteiger partial charge in [-0.25, -0.2) is 0 Å². The summed E-state index contributed by atoms with van der Waals surface area (Å²) >= 11 is 0. The summed E-state index contributed by atoms with van der Waals surface area (Å²) in [6, 6.07) is 13.0. The van der Waals surface area contributed by atoms with E-state index in [-0.39, 0.29) is 12.5 Å². The van der Waals surface area contributed by atoms with Crippen LogP contribution in [0.15, 0.2) is 42.5 Å². The van der Waals surface area contributed by atoms with E-state index in [9.17, 15) is 9.59 Å². The van der Waals surface area contributed by atoms with Crippen molar-refractivity contribution in [3.63, 3.8) is 0 Å². The van der Waals surface area contributed by atoms with Crippen molar-refractivity contribution in [2.75, 3.05) is 47.0 Å². The smallest absolute Gasteiger partial charge is 0.255 e. The van der Waals surface area contributed by atoms with Crippen LogP contribution < -0.4 is 19.9 Å². The standard InChI is InChI=1S/C22H27N3O5/c1-28-18-6-3-16(4-7-18)14-24-9-11-25(12-10-24)22(27)17-5-8-19(20(13-17)29-2)30-15-21(23)26/h3-8,13H,9-12,14-15H2,1-2H3,(H2,23,26). The number of ether oxygens (including phenoxy) is 3. The molecule has 0 saturated carbocycles. The SMILES string of the molecule is COc1ccc(CN2CCN(C(=O)c3ccc(OCC(N)=O)c(OC)c3)CC2)cc1. The Balaban J connectivity index is 1.57. The minimum atomic E-state index is -0.579. The summed E-state index contributed by atoms with van der Waals surface area (Å²) in [5.41, 5.74) is 6.84. The molecule has 1 heterocycles. The van der Waals surface area contributed by atoms with E-state index >= 15 is 0 Å². The molecule has 0 aromatic heterocycles. The summed E-state index contributed by atoms with van der Waals surface area (Å²) in [6.07, 6.45) is 0. The Bertz CT molecular complexity index is 877. The number of amides is 2. The molecule has 1 aliphatic heterocycles. The molecule has 30 heavy (non-hydrogen) atoms. The lowest BCUT2D eigenvalue weighted by molar-refractivity contribution is -0.119. The maximum absolute atomic E-state index is 12.9. The van der Waals surface area contributed by atoms with Crippen LogP contribution in [-0.4, -0.2) is 68.6 Å². The van der Waals surface area contributed by atoms with Gasteiger partial charge in [-0.3, -0.25) is 14.5 Å². The molecule has 1 saturated heterocycles. The van der Waals surface area contributed by atoms with E-state index in [1.807, 2.05) is 17.0 Å². The highest BCUT2D eigenvalue weighted by Crippen LogP contribution is 2.28. The third kappa shape index (κ3) is 5.42. The molecule has 2 aromatic carbocycles. The topological polar surface area (TPSA) is 94.3 Å². The minimum absolute atomic E-state index is 0.0566. The van der Waals surface area contributed by atoms with Crippen molar-refractivity contribution in [1.82, 2.24) is 9.80 Å². The van der Waals surface area contributed by atoms with Gasteiger partial charge in [0.05, 0.1) is 14.2 Å². The zero-order valence-electron chi connectivity index (χ0n) is 17.3. The quantitative estimate of drug-likeness (QED) is 0.705. The molecular weight excluding hydrogens is 386 g/mol. The van der Waals surface area contributed by atoms with Gasteiger partial charge in [0.15, 0.2) is 18.1 Å². The van der Waals surface area contributed by atoms with Crippen molar-refractivity contribution in [1.29, 1.82) is 0 Å². The van der Waals surface area contributed by atoms with E-state index in [1.54, 1.807) is 25.3 Å². The molecule has 2 N–H and O–H groups in total. The highest BCUT2D eigenvalue weighted by molar-refractivity contribution is 5.95. The first-order chi connectivity index (χ1) is 14.5. The van der Waals surface area contributed by atoms with E-state index in [0.29, 0.717) is 30.2 Å². The fourth-order valence-electron chi connectivity index (χ4n) is 3.35. The number of hydrogen-bond acceptors (Lipinski definition) is 6. The lowest BCUT2D eigenvalue weighted by Crippen LogP contribution is -2.48. The molecule has 8 nitrogen and oxygen atoms in total. The molecule has 0 spiro atoms. The van der Waals surface area contributed by atoms with E-state index in [4.69, 9.17) is 19.9 Å². The van der Waals surface area contributed by atoms with Crippen LogP contribution in [0, 0.1) is 0 Å². The van der Waals surface area contributed by atoms with Gasteiger partial charge in [-0.2, -0.15) is 0 Å². The number of methoxy groups -OCH3 is 2. The average molecular weight is 413 g/mol. The molecular formula is C22H27N3O5. The fraction of sp³-hybridized carbons (Fsp3) is 0.364. The molecule has 0 unspecified atom stereocenters. The predicted octanol–water partition coefficient (Wildman–Crippen LogP) is 1.53. The van der Waals surface area contributed by atoms with Crippen LogP contribution >= 0.6 is 0 Å². The lowest BCUT2D eigenvalue weighted by atomic mass is 10.1. The van der Waals surface area contributed by atoms with Crippen molar-refractivity contribution in [2.24, 2.45) is 5.73 Å². The van der Waals surface area contributed by atoms with Crippen LogP contribution in [0.4, 0.5) is 0 Å². The van der Waals surface area contributed by atoms with Gasteiger partial charge in [0.1, 0.15) is 5.75 Å². The molecule has 0 bridgehead atoms. The first-order valence-electron chi connectivity index (χ1n) is 9.74. The van der Waals surface area contributed by atoms with Crippen LogP contribution in [0.3, 0.4) is 0 Å². The summed E-state index contributed by atoms with van der Waals surface area (Å²) < 4.78 is 15.8. The normalized spacial score (nSPS) is 14.3. The Morgan fingerprint density at radius 1 is 0.933 bits per heavy atom. The van der Waals surface area contributed by atoms with E-state index in [1.165, 1.54) is 12.7 Å². The Labute approximate surface area is 176 Å². The van der Waals surface area contributed by atoms with Crippen LogP contribution in [0.25, 0.3) is 0 Å². The molecule has 3 rings (SSSR count).